The van der Waals surface area contributed by atoms with Crippen LogP contribution in [-0.2, 0) is 17.6 Å². The van der Waals surface area contributed by atoms with Crippen LogP contribution in [0.25, 0.3) is 16.9 Å². The van der Waals surface area contributed by atoms with Crippen molar-refractivity contribution in [2.75, 3.05) is 0 Å². The first-order chi connectivity index (χ1) is 17.0. The van der Waals surface area contributed by atoms with Crippen LogP contribution in [0.3, 0.4) is 0 Å². The van der Waals surface area contributed by atoms with Crippen molar-refractivity contribution >= 4 is 11.6 Å². The molecule has 5 rings (SSSR count). The van der Waals surface area contributed by atoms with Crippen LogP contribution in [0, 0.1) is 11.6 Å². The molecule has 0 unspecified atom stereocenters. The lowest BCUT2D eigenvalue weighted by Gasteiger charge is -2.10. The number of hydrogen-bond donors (Lipinski definition) is 0. The highest BCUT2D eigenvalue weighted by Gasteiger charge is 2.21. The fourth-order valence-electron chi connectivity index (χ4n) is 4.00. The summed E-state index contributed by atoms with van der Waals surface area (Å²) in [6.45, 7) is 1.33. The molecule has 0 N–H and O–H groups in total. The SMILES string of the molecule is CC(=O)Oc1c(Cc2ccc(F)cc2)nc2c(Cc3cccc(F)c3)nc(-c3ccccc3)cn12. The third-order valence-corrected chi connectivity index (χ3v) is 5.56. The van der Waals surface area contributed by atoms with Crippen molar-refractivity contribution in [1.82, 2.24) is 14.4 Å². The number of benzene rings is 3. The number of hydrogen-bond acceptors (Lipinski definition) is 4. The average molecular weight is 469 g/mol. The maximum Gasteiger partial charge on any atom is 0.309 e. The van der Waals surface area contributed by atoms with Gasteiger partial charge in [-0.1, -0.05) is 54.6 Å². The van der Waals surface area contributed by atoms with Crippen molar-refractivity contribution in [2.24, 2.45) is 0 Å². The molecule has 7 heteroatoms. The van der Waals surface area contributed by atoms with E-state index in [2.05, 4.69) is 0 Å². The zero-order chi connectivity index (χ0) is 24.4. The molecule has 0 atom stereocenters. The second-order valence-corrected chi connectivity index (χ2v) is 8.20. The van der Waals surface area contributed by atoms with Gasteiger partial charge >= 0.3 is 5.97 Å². The average Bonchev–Trinajstić information content (AvgIpc) is 3.18. The van der Waals surface area contributed by atoms with Crippen molar-refractivity contribution in [3.63, 3.8) is 0 Å². The number of carbonyl (C=O) groups is 1. The standard InChI is InChI=1S/C28H21F2N3O2/c1-18(34)35-28-25(15-19-10-12-22(29)13-11-19)32-27-24(16-20-6-5-9-23(30)14-20)31-26(17-33(27)28)21-7-3-2-4-8-21/h2-14,17H,15-16H2,1H3. The van der Waals surface area contributed by atoms with E-state index in [9.17, 15) is 13.6 Å². The van der Waals surface area contributed by atoms with E-state index < -0.39 is 5.97 Å². The number of ether oxygens (including phenoxy) is 1. The summed E-state index contributed by atoms with van der Waals surface area (Å²) in [5.41, 5.74) is 4.70. The lowest BCUT2D eigenvalue weighted by Crippen LogP contribution is -2.07. The highest BCUT2D eigenvalue weighted by atomic mass is 19.1. The van der Waals surface area contributed by atoms with Gasteiger partial charge < -0.3 is 4.74 Å². The van der Waals surface area contributed by atoms with Crippen molar-refractivity contribution < 1.29 is 18.3 Å². The summed E-state index contributed by atoms with van der Waals surface area (Å²) in [7, 11) is 0. The molecule has 0 radical (unpaired) electrons. The molecular weight excluding hydrogens is 448 g/mol. The van der Waals surface area contributed by atoms with Gasteiger partial charge in [-0.3, -0.25) is 9.20 Å². The molecule has 0 saturated heterocycles. The predicted octanol–water partition coefficient (Wildman–Crippen LogP) is 5.78. The number of nitrogens with zero attached hydrogens (tertiary/aromatic N) is 3. The van der Waals surface area contributed by atoms with Gasteiger partial charge in [0.05, 0.1) is 11.4 Å². The Hall–Kier alpha value is -4.39. The van der Waals surface area contributed by atoms with Crippen LogP contribution in [0.5, 0.6) is 5.88 Å². The van der Waals surface area contributed by atoms with Gasteiger partial charge in [-0.05, 0) is 35.4 Å². The molecule has 35 heavy (non-hydrogen) atoms. The molecule has 5 nitrogen and oxygen atoms in total. The van der Waals surface area contributed by atoms with Gasteiger partial charge in [0.25, 0.3) is 0 Å². The highest BCUT2D eigenvalue weighted by Crippen LogP contribution is 2.29. The number of halogens is 2. The van der Waals surface area contributed by atoms with E-state index in [1.165, 1.54) is 31.2 Å². The molecule has 0 spiro atoms. The summed E-state index contributed by atoms with van der Waals surface area (Å²) in [6.07, 6.45) is 2.43. The number of rotatable bonds is 6. The molecule has 2 aromatic heterocycles. The van der Waals surface area contributed by atoms with Crippen LogP contribution < -0.4 is 4.74 Å². The zero-order valence-electron chi connectivity index (χ0n) is 18.9. The minimum absolute atomic E-state index is 0.275. The summed E-state index contributed by atoms with van der Waals surface area (Å²) in [5, 5.41) is 0. The Kier molecular flexibility index (Phi) is 6.06. The van der Waals surface area contributed by atoms with E-state index in [0.717, 1.165) is 16.7 Å². The summed E-state index contributed by atoms with van der Waals surface area (Å²) in [4.78, 5) is 21.6. The van der Waals surface area contributed by atoms with Crippen LogP contribution >= 0.6 is 0 Å². The molecule has 3 aromatic carbocycles. The molecule has 0 aliphatic heterocycles. The van der Waals surface area contributed by atoms with Gasteiger partial charge in [-0.15, -0.1) is 0 Å². The number of carbonyl (C=O) groups excluding carboxylic acids is 1. The van der Waals surface area contributed by atoms with E-state index in [1.807, 2.05) is 36.4 Å². The Bertz CT molecular complexity index is 1510. The number of imidazole rings is 1. The molecule has 0 amide bonds. The highest BCUT2D eigenvalue weighted by molar-refractivity contribution is 5.71. The van der Waals surface area contributed by atoms with Gasteiger partial charge in [0.1, 0.15) is 17.3 Å². The molecule has 2 heterocycles. The first-order valence-electron chi connectivity index (χ1n) is 11.1. The maximum atomic E-state index is 13.9. The molecule has 174 valence electrons. The Morgan fingerprint density at radius 3 is 2.29 bits per heavy atom. The fourth-order valence-corrected chi connectivity index (χ4v) is 4.00. The second-order valence-electron chi connectivity index (χ2n) is 8.20. The monoisotopic (exact) mass is 469 g/mol. The molecule has 0 fully saturated rings. The lowest BCUT2D eigenvalue weighted by molar-refractivity contribution is -0.132. The predicted molar refractivity (Wildman–Crippen MR) is 128 cm³/mol. The zero-order valence-corrected chi connectivity index (χ0v) is 18.9. The van der Waals surface area contributed by atoms with Gasteiger partial charge in [0.15, 0.2) is 5.65 Å². The summed E-state index contributed by atoms with van der Waals surface area (Å²) in [5.74, 6) is -0.884. The fraction of sp³-hybridized carbons (Fsp3) is 0.107. The van der Waals surface area contributed by atoms with Crippen LogP contribution in [0.15, 0.2) is 85.1 Å². The van der Waals surface area contributed by atoms with E-state index in [1.54, 1.807) is 28.8 Å². The minimum atomic E-state index is -0.489. The van der Waals surface area contributed by atoms with Gasteiger partial charge in [0, 0.05) is 31.5 Å². The lowest BCUT2D eigenvalue weighted by atomic mass is 10.1. The first kappa shape index (κ1) is 22.4. The first-order valence-corrected chi connectivity index (χ1v) is 11.1. The molecule has 0 bridgehead atoms. The van der Waals surface area contributed by atoms with Crippen molar-refractivity contribution in [2.45, 2.75) is 19.8 Å². The topological polar surface area (TPSA) is 56.5 Å². The smallest absolute Gasteiger partial charge is 0.309 e. The summed E-state index contributed by atoms with van der Waals surface area (Å²) in [6, 6.07) is 22.0. The molecule has 5 aromatic rings. The minimum Gasteiger partial charge on any atom is -0.407 e. The second kappa shape index (κ2) is 9.46. The van der Waals surface area contributed by atoms with Crippen LogP contribution in [0.1, 0.15) is 29.4 Å². The van der Waals surface area contributed by atoms with Crippen molar-refractivity contribution in [3.8, 4) is 17.1 Å². The van der Waals surface area contributed by atoms with Crippen LogP contribution in [-0.4, -0.2) is 20.3 Å². The Labute approximate surface area is 200 Å². The van der Waals surface area contributed by atoms with Crippen molar-refractivity contribution in [1.29, 1.82) is 0 Å². The third-order valence-electron chi connectivity index (χ3n) is 5.56. The Morgan fingerprint density at radius 2 is 1.57 bits per heavy atom. The molecule has 0 aliphatic rings. The van der Waals surface area contributed by atoms with Crippen LogP contribution in [0.4, 0.5) is 8.78 Å². The Morgan fingerprint density at radius 1 is 0.829 bits per heavy atom. The number of aromatic nitrogens is 3. The normalized spacial score (nSPS) is 11.1. The number of fused-ring (bicyclic) bond motifs is 1. The largest absolute Gasteiger partial charge is 0.407 e. The van der Waals surface area contributed by atoms with E-state index >= 15 is 0 Å². The summed E-state index contributed by atoms with van der Waals surface area (Å²) >= 11 is 0. The summed E-state index contributed by atoms with van der Waals surface area (Å²) < 4.78 is 34.6. The van der Waals surface area contributed by atoms with Gasteiger partial charge in [0.2, 0.25) is 5.88 Å². The third kappa shape index (κ3) is 4.94. The molecular formula is C28H21F2N3O2. The molecule has 0 aliphatic carbocycles. The van der Waals surface area contributed by atoms with E-state index in [4.69, 9.17) is 14.7 Å². The van der Waals surface area contributed by atoms with E-state index in [0.29, 0.717) is 35.6 Å². The quantitative estimate of drug-likeness (QED) is 0.296. The van der Waals surface area contributed by atoms with Gasteiger partial charge in [-0.2, -0.15) is 0 Å². The van der Waals surface area contributed by atoms with E-state index in [-0.39, 0.29) is 17.5 Å². The van der Waals surface area contributed by atoms with Gasteiger partial charge in [-0.25, -0.2) is 18.7 Å². The number of esters is 1. The maximum absolute atomic E-state index is 13.9. The van der Waals surface area contributed by atoms with Crippen LogP contribution in [0.2, 0.25) is 0 Å². The Balaban J connectivity index is 1.70. The molecule has 0 saturated carbocycles. The van der Waals surface area contributed by atoms with Crippen molar-refractivity contribution in [3.05, 3.63) is 119 Å².